The molecule has 1 aromatic heterocycles. The van der Waals surface area contributed by atoms with Gasteiger partial charge in [0.2, 0.25) is 15.9 Å². The number of carbonyl (C=O) groups excluding carboxylic acids is 1. The van der Waals surface area contributed by atoms with Gasteiger partial charge in [-0.1, -0.05) is 26.0 Å². The highest BCUT2D eigenvalue weighted by atomic mass is 32.2. The third kappa shape index (κ3) is 5.51. The lowest BCUT2D eigenvalue weighted by Gasteiger charge is -2.24. The number of methoxy groups -OCH3 is 1. The van der Waals surface area contributed by atoms with Crippen LogP contribution >= 0.6 is 0 Å². The van der Waals surface area contributed by atoms with E-state index in [0.717, 1.165) is 11.3 Å². The SMILES string of the molecule is COc1ccc(S(=O)(=O)N[C@H](C(=O)NC(C)c2ccc(-n3cncn3)cc2)C(C)C)cc1. The van der Waals surface area contributed by atoms with Gasteiger partial charge in [-0.3, -0.25) is 4.79 Å². The molecule has 2 N–H and O–H groups in total. The number of nitrogens with zero attached hydrogens (tertiary/aromatic N) is 3. The lowest BCUT2D eigenvalue weighted by Crippen LogP contribution is -2.50. The van der Waals surface area contributed by atoms with Gasteiger partial charge < -0.3 is 10.1 Å². The van der Waals surface area contributed by atoms with Crippen LogP contribution in [0.25, 0.3) is 5.69 Å². The number of amides is 1. The maximum absolute atomic E-state index is 13.0. The summed E-state index contributed by atoms with van der Waals surface area (Å²) < 4.78 is 34.9. The largest absolute Gasteiger partial charge is 0.497 e. The van der Waals surface area contributed by atoms with Gasteiger partial charge in [-0.2, -0.15) is 9.82 Å². The van der Waals surface area contributed by atoms with Crippen LogP contribution in [0, 0.1) is 5.92 Å². The molecule has 0 radical (unpaired) electrons. The van der Waals surface area contributed by atoms with E-state index in [1.165, 1.54) is 25.6 Å². The first-order valence-corrected chi connectivity index (χ1v) is 11.6. The molecule has 0 saturated heterocycles. The average molecular weight is 458 g/mol. The molecule has 0 aliphatic carbocycles. The highest BCUT2D eigenvalue weighted by Crippen LogP contribution is 2.19. The monoisotopic (exact) mass is 457 g/mol. The molecule has 0 saturated carbocycles. The van der Waals surface area contributed by atoms with Crippen molar-refractivity contribution in [1.82, 2.24) is 24.8 Å². The Morgan fingerprint density at radius 3 is 2.22 bits per heavy atom. The van der Waals surface area contributed by atoms with E-state index in [1.807, 2.05) is 31.2 Å². The van der Waals surface area contributed by atoms with E-state index < -0.39 is 22.0 Å². The molecule has 0 spiro atoms. The molecular formula is C22H27N5O4S. The van der Waals surface area contributed by atoms with Crippen molar-refractivity contribution in [1.29, 1.82) is 0 Å². The summed E-state index contributed by atoms with van der Waals surface area (Å²) in [5.74, 6) is -0.111. The molecule has 1 unspecified atom stereocenters. The van der Waals surface area contributed by atoms with Crippen molar-refractivity contribution in [3.8, 4) is 11.4 Å². The molecule has 0 aliphatic heterocycles. The van der Waals surface area contributed by atoms with Crippen LogP contribution in [0.2, 0.25) is 0 Å². The molecular weight excluding hydrogens is 430 g/mol. The molecule has 170 valence electrons. The van der Waals surface area contributed by atoms with E-state index in [9.17, 15) is 13.2 Å². The van der Waals surface area contributed by atoms with Gasteiger partial charge in [0.25, 0.3) is 0 Å². The Hall–Kier alpha value is -3.24. The van der Waals surface area contributed by atoms with E-state index in [-0.39, 0.29) is 16.9 Å². The fourth-order valence-electron chi connectivity index (χ4n) is 3.13. The molecule has 2 atom stereocenters. The zero-order valence-electron chi connectivity index (χ0n) is 18.4. The summed E-state index contributed by atoms with van der Waals surface area (Å²) in [6, 6.07) is 12.3. The van der Waals surface area contributed by atoms with E-state index in [2.05, 4.69) is 20.1 Å². The first-order chi connectivity index (χ1) is 15.2. The van der Waals surface area contributed by atoms with Gasteiger partial charge in [0.05, 0.1) is 23.7 Å². The summed E-state index contributed by atoms with van der Waals surface area (Å²) in [5, 5.41) is 6.99. The Bertz CT molecular complexity index is 1130. The number of benzene rings is 2. The number of sulfonamides is 1. The van der Waals surface area contributed by atoms with E-state index >= 15 is 0 Å². The number of aromatic nitrogens is 3. The third-order valence-corrected chi connectivity index (χ3v) is 6.49. The van der Waals surface area contributed by atoms with Crippen LogP contribution < -0.4 is 14.8 Å². The minimum absolute atomic E-state index is 0.0634. The van der Waals surface area contributed by atoms with Crippen molar-refractivity contribution in [3.63, 3.8) is 0 Å². The third-order valence-electron chi connectivity index (χ3n) is 5.04. The fraction of sp³-hybridized carbons (Fsp3) is 0.318. The summed E-state index contributed by atoms with van der Waals surface area (Å²) in [6.45, 7) is 5.43. The lowest BCUT2D eigenvalue weighted by molar-refractivity contribution is -0.124. The van der Waals surface area contributed by atoms with E-state index in [4.69, 9.17) is 4.74 Å². The van der Waals surface area contributed by atoms with Crippen LogP contribution in [-0.4, -0.2) is 42.2 Å². The zero-order valence-corrected chi connectivity index (χ0v) is 19.2. The van der Waals surface area contributed by atoms with Gasteiger partial charge in [0.1, 0.15) is 24.4 Å². The van der Waals surface area contributed by atoms with E-state index in [1.54, 1.807) is 37.0 Å². The van der Waals surface area contributed by atoms with Crippen molar-refractivity contribution in [2.45, 2.75) is 37.8 Å². The smallest absolute Gasteiger partial charge is 0.241 e. The molecule has 9 nitrogen and oxygen atoms in total. The zero-order chi connectivity index (χ0) is 23.3. The molecule has 3 aromatic rings. The predicted molar refractivity (Wildman–Crippen MR) is 120 cm³/mol. The summed E-state index contributed by atoms with van der Waals surface area (Å²) in [6.07, 6.45) is 3.05. The fourth-order valence-corrected chi connectivity index (χ4v) is 4.47. The molecule has 0 aliphatic rings. The van der Waals surface area contributed by atoms with Crippen LogP contribution in [0.5, 0.6) is 5.75 Å². The molecule has 0 bridgehead atoms. The molecule has 0 fully saturated rings. The lowest BCUT2D eigenvalue weighted by atomic mass is 10.0. The molecule has 10 heteroatoms. The highest BCUT2D eigenvalue weighted by Gasteiger charge is 2.29. The number of rotatable bonds is 9. The van der Waals surface area contributed by atoms with Gasteiger partial charge in [0, 0.05) is 0 Å². The normalized spacial score (nSPS) is 13.5. The summed E-state index contributed by atoms with van der Waals surface area (Å²) in [7, 11) is -2.38. The van der Waals surface area contributed by atoms with Gasteiger partial charge in [-0.25, -0.2) is 18.1 Å². The predicted octanol–water partition coefficient (Wildman–Crippen LogP) is 2.46. The standard InChI is InChI=1S/C22H27N5O4S/c1-15(2)21(26-32(29,30)20-11-9-19(31-4)10-12-20)22(28)25-16(3)17-5-7-18(8-6-17)27-14-23-13-24-27/h5-16,21,26H,1-4H3,(H,25,28)/t16?,21-/m0/s1. The summed E-state index contributed by atoms with van der Waals surface area (Å²) in [4.78, 5) is 16.9. The Kier molecular flexibility index (Phi) is 7.26. The molecule has 3 rings (SSSR count). The van der Waals surface area contributed by atoms with Crippen molar-refractivity contribution in [2.75, 3.05) is 7.11 Å². The maximum atomic E-state index is 13.0. The quantitative estimate of drug-likeness (QED) is 0.510. The van der Waals surface area contributed by atoms with Crippen LogP contribution in [-0.2, 0) is 14.8 Å². The maximum Gasteiger partial charge on any atom is 0.241 e. The summed E-state index contributed by atoms with van der Waals surface area (Å²) in [5.41, 5.74) is 1.72. The highest BCUT2D eigenvalue weighted by molar-refractivity contribution is 7.89. The van der Waals surface area contributed by atoms with Crippen molar-refractivity contribution in [2.24, 2.45) is 5.92 Å². The second kappa shape index (κ2) is 9.92. The van der Waals surface area contributed by atoms with Crippen molar-refractivity contribution >= 4 is 15.9 Å². The van der Waals surface area contributed by atoms with Crippen LogP contribution in [0.1, 0.15) is 32.4 Å². The van der Waals surface area contributed by atoms with Crippen molar-refractivity contribution < 1.29 is 17.9 Å². The Labute approximate surface area is 187 Å². The Morgan fingerprint density at radius 2 is 1.69 bits per heavy atom. The number of carbonyl (C=O) groups is 1. The average Bonchev–Trinajstić information content (AvgIpc) is 3.32. The second-order valence-corrected chi connectivity index (χ2v) is 9.39. The number of nitrogens with one attached hydrogen (secondary N) is 2. The van der Waals surface area contributed by atoms with Gasteiger partial charge in [-0.05, 0) is 54.8 Å². The second-order valence-electron chi connectivity index (χ2n) is 7.68. The topological polar surface area (TPSA) is 115 Å². The minimum atomic E-state index is -3.89. The van der Waals surface area contributed by atoms with E-state index in [0.29, 0.717) is 5.75 Å². The summed E-state index contributed by atoms with van der Waals surface area (Å²) >= 11 is 0. The van der Waals surface area contributed by atoms with Gasteiger partial charge >= 0.3 is 0 Å². The van der Waals surface area contributed by atoms with Gasteiger partial charge in [-0.15, -0.1) is 0 Å². The Morgan fingerprint density at radius 1 is 1.03 bits per heavy atom. The van der Waals surface area contributed by atoms with Gasteiger partial charge in [0.15, 0.2) is 0 Å². The van der Waals surface area contributed by atoms with Crippen molar-refractivity contribution in [3.05, 3.63) is 66.7 Å². The molecule has 32 heavy (non-hydrogen) atoms. The number of hydrogen-bond donors (Lipinski definition) is 2. The molecule has 1 amide bonds. The first-order valence-electron chi connectivity index (χ1n) is 10.1. The number of hydrogen-bond acceptors (Lipinski definition) is 6. The number of ether oxygens (including phenoxy) is 1. The van der Waals surface area contributed by atoms with Crippen LogP contribution in [0.4, 0.5) is 0 Å². The first kappa shape index (κ1) is 23.4. The molecule has 2 aromatic carbocycles. The Balaban J connectivity index is 1.70. The minimum Gasteiger partial charge on any atom is -0.497 e. The van der Waals surface area contributed by atoms with Crippen LogP contribution in [0.3, 0.4) is 0 Å². The molecule has 1 heterocycles. The van der Waals surface area contributed by atoms with Crippen LogP contribution in [0.15, 0.2) is 66.1 Å².